The van der Waals surface area contributed by atoms with Crippen LogP contribution in [0, 0.1) is 0 Å². The van der Waals surface area contributed by atoms with Crippen LogP contribution in [-0.2, 0) is 5.41 Å². The molecular weight excluding hydrogens is 244 g/mol. The minimum atomic E-state index is -2.37. The lowest BCUT2D eigenvalue weighted by molar-refractivity contribution is 0.151. The van der Waals surface area contributed by atoms with Crippen LogP contribution < -0.4 is 5.32 Å². The van der Waals surface area contributed by atoms with Gasteiger partial charge in [-0.05, 0) is 36.9 Å². The monoisotopic (exact) mass is 261 g/mol. The molecule has 1 aliphatic heterocycles. The molecule has 1 fully saturated rings. The summed E-state index contributed by atoms with van der Waals surface area (Å²) >= 11 is 0. The molecule has 96 valence electrons. The van der Waals surface area contributed by atoms with Crippen LogP contribution >= 0.6 is 12.4 Å². The molecule has 0 radical (unpaired) electrons. The standard InChI is InChI=1S/C13H17F2N.ClH/c1-13(6-8-16-9-7-13)11-4-2-10(3-5-11)12(14)15;/h2-5,12,16H,6-9H2,1H3;1H. The van der Waals surface area contributed by atoms with Gasteiger partial charge in [-0.15, -0.1) is 12.4 Å². The number of alkyl halides is 2. The quantitative estimate of drug-likeness (QED) is 0.856. The second-order valence-electron chi connectivity index (χ2n) is 4.73. The van der Waals surface area contributed by atoms with Crippen molar-refractivity contribution in [2.75, 3.05) is 13.1 Å². The van der Waals surface area contributed by atoms with Crippen LogP contribution in [0.5, 0.6) is 0 Å². The molecule has 0 unspecified atom stereocenters. The summed E-state index contributed by atoms with van der Waals surface area (Å²) in [5, 5.41) is 3.32. The minimum Gasteiger partial charge on any atom is -0.317 e. The number of hydrogen-bond acceptors (Lipinski definition) is 1. The molecular formula is C13H18ClF2N. The van der Waals surface area contributed by atoms with E-state index in [1.54, 1.807) is 12.1 Å². The fourth-order valence-corrected chi connectivity index (χ4v) is 2.30. The van der Waals surface area contributed by atoms with E-state index >= 15 is 0 Å². The van der Waals surface area contributed by atoms with Gasteiger partial charge in [0.15, 0.2) is 0 Å². The molecule has 0 saturated carbocycles. The van der Waals surface area contributed by atoms with E-state index in [2.05, 4.69) is 12.2 Å². The van der Waals surface area contributed by atoms with E-state index < -0.39 is 6.43 Å². The molecule has 1 aromatic rings. The van der Waals surface area contributed by atoms with Crippen LogP contribution in [0.1, 0.15) is 37.3 Å². The Morgan fingerprint density at radius 2 is 1.65 bits per heavy atom. The Kier molecular flexibility index (Phi) is 4.90. The molecule has 0 spiro atoms. The smallest absolute Gasteiger partial charge is 0.263 e. The number of halogens is 3. The highest BCUT2D eigenvalue weighted by atomic mass is 35.5. The van der Waals surface area contributed by atoms with Crippen molar-refractivity contribution in [2.24, 2.45) is 0 Å². The molecule has 1 N–H and O–H groups in total. The van der Waals surface area contributed by atoms with Crippen molar-refractivity contribution < 1.29 is 8.78 Å². The van der Waals surface area contributed by atoms with Crippen LogP contribution in [0.25, 0.3) is 0 Å². The SMILES string of the molecule is CC1(c2ccc(C(F)F)cc2)CCNCC1.Cl. The molecule has 0 amide bonds. The van der Waals surface area contributed by atoms with Gasteiger partial charge >= 0.3 is 0 Å². The molecule has 1 aromatic carbocycles. The molecule has 0 atom stereocenters. The molecule has 0 aliphatic carbocycles. The van der Waals surface area contributed by atoms with Crippen LogP contribution in [0.15, 0.2) is 24.3 Å². The fourth-order valence-electron chi connectivity index (χ4n) is 2.30. The van der Waals surface area contributed by atoms with E-state index in [4.69, 9.17) is 0 Å². The Balaban J connectivity index is 0.00000144. The molecule has 2 rings (SSSR count). The van der Waals surface area contributed by atoms with Crippen molar-refractivity contribution in [3.63, 3.8) is 0 Å². The van der Waals surface area contributed by atoms with E-state index in [0.717, 1.165) is 25.9 Å². The summed E-state index contributed by atoms with van der Waals surface area (Å²) in [6.45, 7) is 4.23. The molecule has 17 heavy (non-hydrogen) atoms. The summed E-state index contributed by atoms with van der Waals surface area (Å²) in [6.07, 6.45) is -0.225. The highest BCUT2D eigenvalue weighted by molar-refractivity contribution is 5.85. The number of benzene rings is 1. The first-order valence-electron chi connectivity index (χ1n) is 5.71. The Morgan fingerprint density at radius 1 is 1.12 bits per heavy atom. The van der Waals surface area contributed by atoms with Gasteiger partial charge < -0.3 is 5.32 Å². The second kappa shape index (κ2) is 5.78. The molecule has 1 saturated heterocycles. The number of piperidine rings is 1. The van der Waals surface area contributed by atoms with Gasteiger partial charge in [-0.1, -0.05) is 31.2 Å². The molecule has 0 bridgehead atoms. The summed E-state index contributed by atoms with van der Waals surface area (Å²) in [4.78, 5) is 0. The Hall–Kier alpha value is -0.670. The third kappa shape index (κ3) is 3.17. The van der Waals surface area contributed by atoms with Crippen LogP contribution in [0.2, 0.25) is 0 Å². The number of hydrogen-bond donors (Lipinski definition) is 1. The topological polar surface area (TPSA) is 12.0 Å². The van der Waals surface area contributed by atoms with Crippen LogP contribution in [0.4, 0.5) is 8.78 Å². The molecule has 1 nitrogen and oxygen atoms in total. The summed E-state index contributed by atoms with van der Waals surface area (Å²) in [7, 11) is 0. The zero-order chi connectivity index (χ0) is 11.6. The van der Waals surface area contributed by atoms with E-state index in [1.807, 2.05) is 12.1 Å². The Morgan fingerprint density at radius 3 is 2.12 bits per heavy atom. The van der Waals surface area contributed by atoms with Gasteiger partial charge in [-0.2, -0.15) is 0 Å². The van der Waals surface area contributed by atoms with Gasteiger partial charge in [0.25, 0.3) is 6.43 Å². The first-order chi connectivity index (χ1) is 7.62. The zero-order valence-corrected chi connectivity index (χ0v) is 10.7. The van der Waals surface area contributed by atoms with Crippen LogP contribution in [0.3, 0.4) is 0 Å². The lowest BCUT2D eigenvalue weighted by Gasteiger charge is -2.34. The van der Waals surface area contributed by atoms with E-state index in [-0.39, 0.29) is 23.4 Å². The van der Waals surface area contributed by atoms with Crippen molar-refractivity contribution in [1.82, 2.24) is 5.32 Å². The maximum atomic E-state index is 12.4. The first-order valence-corrected chi connectivity index (χ1v) is 5.71. The maximum absolute atomic E-state index is 12.4. The largest absolute Gasteiger partial charge is 0.317 e. The van der Waals surface area contributed by atoms with Crippen molar-refractivity contribution >= 4 is 12.4 Å². The predicted octanol–water partition coefficient (Wildman–Crippen LogP) is 3.69. The van der Waals surface area contributed by atoms with Crippen molar-refractivity contribution in [1.29, 1.82) is 0 Å². The normalized spacial score (nSPS) is 18.8. The lowest BCUT2D eigenvalue weighted by Crippen LogP contribution is -2.37. The van der Waals surface area contributed by atoms with Gasteiger partial charge in [0.2, 0.25) is 0 Å². The molecule has 1 heterocycles. The molecule has 0 aromatic heterocycles. The molecule has 1 aliphatic rings. The fraction of sp³-hybridized carbons (Fsp3) is 0.538. The third-order valence-corrected chi connectivity index (χ3v) is 3.57. The van der Waals surface area contributed by atoms with Crippen molar-refractivity contribution in [3.05, 3.63) is 35.4 Å². The van der Waals surface area contributed by atoms with E-state index in [1.165, 1.54) is 5.56 Å². The van der Waals surface area contributed by atoms with Gasteiger partial charge in [-0.3, -0.25) is 0 Å². The lowest BCUT2D eigenvalue weighted by atomic mass is 9.75. The molecule has 4 heteroatoms. The van der Waals surface area contributed by atoms with E-state index in [9.17, 15) is 8.78 Å². The van der Waals surface area contributed by atoms with Crippen molar-refractivity contribution in [2.45, 2.75) is 31.6 Å². The summed E-state index contributed by atoms with van der Waals surface area (Å²) in [6, 6.07) is 6.81. The minimum absolute atomic E-state index is 0. The Labute approximate surface area is 107 Å². The predicted molar refractivity (Wildman–Crippen MR) is 68.1 cm³/mol. The van der Waals surface area contributed by atoms with Gasteiger partial charge in [-0.25, -0.2) is 8.78 Å². The van der Waals surface area contributed by atoms with Gasteiger partial charge in [0.05, 0.1) is 0 Å². The van der Waals surface area contributed by atoms with Crippen molar-refractivity contribution in [3.8, 4) is 0 Å². The summed E-state index contributed by atoms with van der Waals surface area (Å²) in [5.74, 6) is 0. The zero-order valence-electron chi connectivity index (χ0n) is 9.88. The number of nitrogens with one attached hydrogen (secondary N) is 1. The average Bonchev–Trinajstić information content (AvgIpc) is 2.30. The van der Waals surface area contributed by atoms with Crippen LogP contribution in [-0.4, -0.2) is 13.1 Å². The average molecular weight is 262 g/mol. The third-order valence-electron chi connectivity index (χ3n) is 3.57. The summed E-state index contributed by atoms with van der Waals surface area (Å²) in [5.41, 5.74) is 1.44. The number of rotatable bonds is 2. The first kappa shape index (κ1) is 14.4. The van der Waals surface area contributed by atoms with Gasteiger partial charge in [0.1, 0.15) is 0 Å². The Bertz CT molecular complexity index is 345. The maximum Gasteiger partial charge on any atom is 0.263 e. The second-order valence-corrected chi connectivity index (χ2v) is 4.73. The highest BCUT2D eigenvalue weighted by Crippen LogP contribution is 2.33. The summed E-state index contributed by atoms with van der Waals surface area (Å²) < 4.78 is 24.9. The van der Waals surface area contributed by atoms with E-state index in [0.29, 0.717) is 0 Å². The van der Waals surface area contributed by atoms with Gasteiger partial charge in [0, 0.05) is 5.56 Å². The highest BCUT2D eigenvalue weighted by Gasteiger charge is 2.28.